The Morgan fingerprint density at radius 3 is 2.47 bits per heavy atom. The van der Waals surface area contributed by atoms with Crippen LogP contribution in [0.4, 0.5) is 5.69 Å². The normalized spacial score (nSPS) is 15.1. The second kappa shape index (κ2) is 4.92. The maximum Gasteiger partial charge on any atom is 0.325 e. The Morgan fingerprint density at radius 2 is 2.00 bits per heavy atom. The molecule has 1 saturated heterocycles. The highest BCUT2D eigenvalue weighted by Crippen LogP contribution is 2.17. The van der Waals surface area contributed by atoms with Gasteiger partial charge in [0.25, 0.3) is 5.69 Å². The van der Waals surface area contributed by atoms with Crippen LogP contribution in [-0.4, -0.2) is 35.4 Å². The molecule has 0 atom stereocenters. The van der Waals surface area contributed by atoms with E-state index in [1.807, 2.05) is 4.90 Å². The number of hydrogen-bond donors (Lipinski definition) is 0. The lowest BCUT2D eigenvalue weighted by Crippen LogP contribution is -2.41. The third-order valence-corrected chi connectivity index (χ3v) is 2.58. The Bertz CT molecular complexity index is 426. The predicted octanol–water partition coefficient (Wildman–Crippen LogP) is 1.21. The fourth-order valence-electron chi connectivity index (χ4n) is 1.52. The molecule has 1 heterocycles. The smallest absolute Gasteiger partial charge is 0.325 e. The van der Waals surface area contributed by atoms with Crippen molar-refractivity contribution >= 4 is 11.7 Å². The van der Waals surface area contributed by atoms with Gasteiger partial charge >= 0.3 is 5.97 Å². The summed E-state index contributed by atoms with van der Waals surface area (Å²) < 4.78 is 5.05. The molecule has 1 aliphatic rings. The quantitative estimate of drug-likeness (QED) is 0.340. The molecule has 0 amide bonds. The lowest BCUT2D eigenvalue weighted by molar-refractivity contribution is -0.384. The molecule has 0 spiro atoms. The third kappa shape index (κ3) is 3.01. The number of ether oxygens (including phenoxy) is 1. The van der Waals surface area contributed by atoms with Crippen LogP contribution in [0.1, 0.15) is 6.42 Å². The fraction of sp³-hybridized carbons (Fsp3) is 0.364. The van der Waals surface area contributed by atoms with Crippen molar-refractivity contribution in [3.63, 3.8) is 0 Å². The zero-order valence-corrected chi connectivity index (χ0v) is 9.17. The monoisotopic (exact) mass is 236 g/mol. The molecule has 0 saturated carbocycles. The Labute approximate surface area is 97.9 Å². The number of hydrogen-bond acceptors (Lipinski definition) is 5. The van der Waals surface area contributed by atoms with Crippen LogP contribution in [-0.2, 0) is 4.79 Å². The molecule has 90 valence electrons. The number of carbonyl (C=O) groups is 1. The standard InChI is InChI=1S/C11H12N2O4/c14-11(8-12-6-1-7-12)17-10-4-2-9(3-5-10)13(15)16/h2-5H,1,6-8H2. The number of carbonyl (C=O) groups excluding carboxylic acids is 1. The number of nitro groups is 1. The van der Waals surface area contributed by atoms with Crippen molar-refractivity contribution in [2.24, 2.45) is 0 Å². The maximum absolute atomic E-state index is 11.4. The molecule has 1 aromatic rings. The molecule has 17 heavy (non-hydrogen) atoms. The summed E-state index contributed by atoms with van der Waals surface area (Å²) in [5, 5.41) is 10.4. The van der Waals surface area contributed by atoms with Crippen LogP contribution in [0.3, 0.4) is 0 Å². The van der Waals surface area contributed by atoms with Gasteiger partial charge in [0.15, 0.2) is 0 Å². The van der Waals surface area contributed by atoms with E-state index in [9.17, 15) is 14.9 Å². The number of nitrogens with zero attached hydrogens (tertiary/aromatic N) is 2. The van der Waals surface area contributed by atoms with E-state index in [-0.39, 0.29) is 18.2 Å². The summed E-state index contributed by atoms with van der Waals surface area (Å²) in [7, 11) is 0. The van der Waals surface area contributed by atoms with E-state index in [2.05, 4.69) is 0 Å². The van der Waals surface area contributed by atoms with E-state index in [4.69, 9.17) is 4.74 Å². The minimum Gasteiger partial charge on any atom is -0.426 e. The van der Waals surface area contributed by atoms with Gasteiger partial charge in [0.05, 0.1) is 11.5 Å². The Hall–Kier alpha value is -1.95. The lowest BCUT2D eigenvalue weighted by Gasteiger charge is -2.29. The molecule has 1 fully saturated rings. The topological polar surface area (TPSA) is 72.7 Å². The molecule has 0 aromatic heterocycles. The number of likely N-dealkylation sites (tertiary alicyclic amines) is 1. The molecule has 0 unspecified atom stereocenters. The van der Waals surface area contributed by atoms with Gasteiger partial charge < -0.3 is 4.74 Å². The van der Waals surface area contributed by atoms with Gasteiger partial charge in [-0.05, 0) is 31.6 Å². The van der Waals surface area contributed by atoms with Gasteiger partial charge in [0.1, 0.15) is 5.75 Å². The van der Waals surface area contributed by atoms with Crippen molar-refractivity contribution in [2.45, 2.75) is 6.42 Å². The summed E-state index contributed by atoms with van der Waals surface area (Å²) in [6, 6.07) is 5.47. The van der Waals surface area contributed by atoms with E-state index in [0.717, 1.165) is 19.5 Å². The van der Waals surface area contributed by atoms with Crippen molar-refractivity contribution < 1.29 is 14.5 Å². The van der Waals surface area contributed by atoms with Gasteiger partial charge in [-0.15, -0.1) is 0 Å². The minimum absolute atomic E-state index is 0.0208. The third-order valence-electron chi connectivity index (χ3n) is 2.58. The zero-order chi connectivity index (χ0) is 12.3. The number of non-ortho nitro benzene ring substituents is 1. The van der Waals surface area contributed by atoms with Gasteiger partial charge in [-0.1, -0.05) is 0 Å². The highest BCUT2D eigenvalue weighted by molar-refractivity contribution is 5.74. The van der Waals surface area contributed by atoms with Crippen LogP contribution in [0.2, 0.25) is 0 Å². The van der Waals surface area contributed by atoms with Crippen molar-refractivity contribution in [1.82, 2.24) is 4.90 Å². The average molecular weight is 236 g/mol. The fourth-order valence-corrected chi connectivity index (χ4v) is 1.52. The Kier molecular flexibility index (Phi) is 3.34. The Morgan fingerprint density at radius 1 is 1.35 bits per heavy atom. The predicted molar refractivity (Wildman–Crippen MR) is 59.8 cm³/mol. The molecule has 6 nitrogen and oxygen atoms in total. The first-order chi connectivity index (χ1) is 8.15. The molecule has 0 N–H and O–H groups in total. The van der Waals surface area contributed by atoms with Crippen LogP contribution in [0, 0.1) is 10.1 Å². The molecule has 0 aliphatic carbocycles. The van der Waals surface area contributed by atoms with E-state index >= 15 is 0 Å². The summed E-state index contributed by atoms with van der Waals surface area (Å²) in [6.45, 7) is 2.13. The van der Waals surface area contributed by atoms with E-state index in [1.165, 1.54) is 24.3 Å². The summed E-state index contributed by atoms with van der Waals surface area (Å²) in [5.74, 6) is -0.000300. The molecular formula is C11H12N2O4. The van der Waals surface area contributed by atoms with Crippen molar-refractivity contribution in [3.05, 3.63) is 34.4 Å². The van der Waals surface area contributed by atoms with Crippen LogP contribution < -0.4 is 4.74 Å². The first-order valence-electron chi connectivity index (χ1n) is 5.32. The minimum atomic E-state index is -0.494. The first kappa shape index (κ1) is 11.5. The molecule has 0 bridgehead atoms. The molecule has 6 heteroatoms. The van der Waals surface area contributed by atoms with Crippen LogP contribution in [0.25, 0.3) is 0 Å². The van der Waals surface area contributed by atoms with Gasteiger partial charge in [0, 0.05) is 12.1 Å². The van der Waals surface area contributed by atoms with Crippen molar-refractivity contribution in [1.29, 1.82) is 0 Å². The van der Waals surface area contributed by atoms with E-state index < -0.39 is 4.92 Å². The highest BCUT2D eigenvalue weighted by Gasteiger charge is 2.18. The first-order valence-corrected chi connectivity index (χ1v) is 5.32. The van der Waals surface area contributed by atoms with Gasteiger partial charge in [-0.2, -0.15) is 0 Å². The van der Waals surface area contributed by atoms with Crippen LogP contribution in [0.5, 0.6) is 5.75 Å². The second-order valence-corrected chi connectivity index (χ2v) is 3.85. The summed E-state index contributed by atoms with van der Waals surface area (Å²) in [4.78, 5) is 23.3. The summed E-state index contributed by atoms with van der Waals surface area (Å²) in [5.41, 5.74) is -0.0208. The number of nitro benzene ring substituents is 1. The van der Waals surface area contributed by atoms with Crippen molar-refractivity contribution in [2.75, 3.05) is 19.6 Å². The Balaban J connectivity index is 1.89. The number of rotatable bonds is 4. The summed E-state index contributed by atoms with van der Waals surface area (Å²) >= 11 is 0. The summed E-state index contributed by atoms with van der Waals surface area (Å²) in [6.07, 6.45) is 1.12. The van der Waals surface area contributed by atoms with Crippen LogP contribution in [0.15, 0.2) is 24.3 Å². The van der Waals surface area contributed by atoms with Gasteiger partial charge in [-0.3, -0.25) is 19.8 Å². The van der Waals surface area contributed by atoms with E-state index in [0.29, 0.717) is 5.75 Å². The van der Waals surface area contributed by atoms with Crippen LogP contribution >= 0.6 is 0 Å². The average Bonchev–Trinajstić information content (AvgIpc) is 2.24. The van der Waals surface area contributed by atoms with Crippen molar-refractivity contribution in [3.8, 4) is 5.75 Å². The van der Waals surface area contributed by atoms with E-state index in [1.54, 1.807) is 0 Å². The van der Waals surface area contributed by atoms with Gasteiger partial charge in [-0.25, -0.2) is 0 Å². The lowest BCUT2D eigenvalue weighted by atomic mass is 10.2. The highest BCUT2D eigenvalue weighted by atomic mass is 16.6. The number of esters is 1. The molecular weight excluding hydrogens is 224 g/mol. The molecule has 1 aliphatic heterocycles. The maximum atomic E-state index is 11.4. The number of benzene rings is 1. The van der Waals surface area contributed by atoms with Gasteiger partial charge in [0.2, 0.25) is 0 Å². The molecule has 1 aromatic carbocycles. The molecule has 2 rings (SSSR count). The SMILES string of the molecule is O=C(CN1CCC1)Oc1ccc([N+](=O)[O-])cc1. The molecule has 0 radical (unpaired) electrons. The second-order valence-electron chi connectivity index (χ2n) is 3.85. The largest absolute Gasteiger partial charge is 0.426 e. The zero-order valence-electron chi connectivity index (χ0n) is 9.17.